The molecule has 3 N–H and O–H groups in total. The van der Waals surface area contributed by atoms with Crippen LogP contribution in [0, 0.1) is 18.3 Å². The van der Waals surface area contributed by atoms with Gasteiger partial charge in [-0.3, -0.25) is 0 Å². The van der Waals surface area contributed by atoms with E-state index in [1.807, 2.05) is 0 Å². The Morgan fingerprint density at radius 3 is 2.38 bits per heavy atom. The number of carboxylic acids is 1. The van der Waals surface area contributed by atoms with Gasteiger partial charge in [0.1, 0.15) is 0 Å². The van der Waals surface area contributed by atoms with Crippen LogP contribution in [0.3, 0.4) is 0 Å². The topological polar surface area (TPSA) is 78.4 Å². The summed E-state index contributed by atoms with van der Waals surface area (Å²) in [6.45, 7) is 10.8. The van der Waals surface area contributed by atoms with Crippen LogP contribution in [0.15, 0.2) is 18.2 Å². The van der Waals surface area contributed by atoms with Crippen LogP contribution < -0.4 is 10.6 Å². The molecule has 21 heavy (non-hydrogen) atoms. The number of nitrogens with one attached hydrogen (secondary N) is 2. The fraction of sp³-hybridized carbons (Fsp3) is 0.500. The zero-order valence-electron chi connectivity index (χ0n) is 13.3. The molecular formula is C16H24N2O3. The summed E-state index contributed by atoms with van der Waals surface area (Å²) in [7, 11) is 0. The van der Waals surface area contributed by atoms with E-state index >= 15 is 0 Å². The number of anilines is 1. The molecule has 0 aromatic heterocycles. The number of benzene rings is 1. The van der Waals surface area contributed by atoms with Crippen LogP contribution in [0.1, 0.15) is 43.6 Å². The van der Waals surface area contributed by atoms with Crippen molar-refractivity contribution in [2.45, 2.75) is 34.6 Å². The maximum atomic E-state index is 11.9. The molecular weight excluding hydrogens is 268 g/mol. The third-order valence-corrected chi connectivity index (χ3v) is 3.77. The summed E-state index contributed by atoms with van der Waals surface area (Å²) in [5, 5.41) is 14.5. The molecule has 0 aliphatic heterocycles. The Balaban J connectivity index is 2.62. The minimum absolute atomic E-state index is 0.131. The minimum Gasteiger partial charge on any atom is -0.478 e. The molecule has 1 aromatic rings. The molecule has 0 heterocycles. The summed E-state index contributed by atoms with van der Waals surface area (Å²) in [6.07, 6.45) is 0. The lowest BCUT2D eigenvalue weighted by molar-refractivity contribution is 0.0697. The smallest absolute Gasteiger partial charge is 0.335 e. The van der Waals surface area contributed by atoms with Crippen molar-refractivity contribution in [2.75, 3.05) is 11.9 Å². The highest BCUT2D eigenvalue weighted by Crippen LogP contribution is 2.24. The van der Waals surface area contributed by atoms with E-state index in [0.29, 0.717) is 23.7 Å². The summed E-state index contributed by atoms with van der Waals surface area (Å²) in [5.74, 6) is -0.633. The van der Waals surface area contributed by atoms with Gasteiger partial charge in [0.05, 0.1) is 5.56 Å². The number of aromatic carboxylic acids is 1. The van der Waals surface area contributed by atoms with E-state index in [-0.39, 0.29) is 17.0 Å². The van der Waals surface area contributed by atoms with Crippen LogP contribution in [-0.2, 0) is 0 Å². The van der Waals surface area contributed by atoms with E-state index in [0.717, 1.165) is 0 Å². The highest BCUT2D eigenvalue weighted by Gasteiger charge is 2.20. The largest absolute Gasteiger partial charge is 0.478 e. The van der Waals surface area contributed by atoms with Crippen molar-refractivity contribution in [1.29, 1.82) is 0 Å². The van der Waals surface area contributed by atoms with Gasteiger partial charge in [-0.05, 0) is 42.0 Å². The fourth-order valence-corrected chi connectivity index (χ4v) is 1.66. The van der Waals surface area contributed by atoms with Crippen molar-refractivity contribution in [3.8, 4) is 0 Å². The van der Waals surface area contributed by atoms with Crippen molar-refractivity contribution in [2.24, 2.45) is 11.3 Å². The second kappa shape index (κ2) is 6.61. The van der Waals surface area contributed by atoms with Gasteiger partial charge in [-0.15, -0.1) is 0 Å². The second-order valence-corrected chi connectivity index (χ2v) is 6.44. The summed E-state index contributed by atoms with van der Waals surface area (Å²) in [6, 6.07) is 4.33. The van der Waals surface area contributed by atoms with Crippen LogP contribution in [-0.4, -0.2) is 23.7 Å². The number of carbonyl (C=O) groups excluding carboxylic acids is 1. The van der Waals surface area contributed by atoms with Gasteiger partial charge >= 0.3 is 12.0 Å². The predicted octanol–water partition coefficient (Wildman–Crippen LogP) is 3.50. The molecule has 0 aliphatic carbocycles. The highest BCUT2D eigenvalue weighted by molar-refractivity contribution is 5.92. The third kappa shape index (κ3) is 5.10. The van der Waals surface area contributed by atoms with E-state index in [2.05, 4.69) is 38.3 Å². The molecule has 0 bridgehead atoms. The van der Waals surface area contributed by atoms with Crippen LogP contribution >= 0.6 is 0 Å². The predicted molar refractivity (Wildman–Crippen MR) is 83.8 cm³/mol. The van der Waals surface area contributed by atoms with E-state index < -0.39 is 5.97 Å². The minimum atomic E-state index is -0.979. The standard InChI is InChI=1S/C16H24N2O3/c1-10-8-12(14(19)20)6-7-13(10)18-15(21)17-9-11(2)16(3,4)5/h6-8,11H,9H2,1-5H3,(H,19,20)(H2,17,18,21). The lowest BCUT2D eigenvalue weighted by Gasteiger charge is -2.27. The maximum absolute atomic E-state index is 11.9. The van der Waals surface area contributed by atoms with Gasteiger partial charge in [0, 0.05) is 12.2 Å². The fourth-order valence-electron chi connectivity index (χ4n) is 1.66. The molecule has 5 heteroatoms. The first-order valence-electron chi connectivity index (χ1n) is 7.00. The summed E-state index contributed by atoms with van der Waals surface area (Å²) >= 11 is 0. The average molecular weight is 292 g/mol. The number of hydrogen-bond donors (Lipinski definition) is 3. The van der Waals surface area contributed by atoms with Crippen LogP contribution in [0.4, 0.5) is 10.5 Å². The van der Waals surface area contributed by atoms with E-state index in [9.17, 15) is 9.59 Å². The van der Waals surface area contributed by atoms with Gasteiger partial charge in [-0.25, -0.2) is 9.59 Å². The van der Waals surface area contributed by atoms with E-state index in [4.69, 9.17) is 5.11 Å². The Hall–Kier alpha value is -2.04. The number of carbonyl (C=O) groups is 2. The molecule has 2 amide bonds. The van der Waals surface area contributed by atoms with E-state index in [1.165, 1.54) is 12.1 Å². The molecule has 0 fully saturated rings. The van der Waals surface area contributed by atoms with Crippen LogP contribution in [0.25, 0.3) is 0 Å². The molecule has 1 aromatic carbocycles. The van der Waals surface area contributed by atoms with E-state index in [1.54, 1.807) is 13.0 Å². The quantitative estimate of drug-likeness (QED) is 0.794. The number of urea groups is 1. The number of carboxylic acid groups (broad SMARTS) is 1. The molecule has 1 atom stereocenters. The van der Waals surface area contributed by atoms with Gasteiger partial charge < -0.3 is 15.7 Å². The molecule has 1 rings (SSSR count). The third-order valence-electron chi connectivity index (χ3n) is 3.77. The Kier molecular flexibility index (Phi) is 5.35. The molecule has 1 unspecified atom stereocenters. The van der Waals surface area contributed by atoms with Crippen LogP contribution in [0.2, 0.25) is 0 Å². The second-order valence-electron chi connectivity index (χ2n) is 6.44. The first kappa shape index (κ1) is 17.0. The number of aryl methyl sites for hydroxylation is 1. The monoisotopic (exact) mass is 292 g/mol. The first-order valence-corrected chi connectivity index (χ1v) is 7.00. The van der Waals surface area contributed by atoms with Crippen molar-refractivity contribution in [3.05, 3.63) is 29.3 Å². The van der Waals surface area contributed by atoms with Gasteiger partial charge in [-0.2, -0.15) is 0 Å². The molecule has 0 spiro atoms. The summed E-state index contributed by atoms with van der Waals surface area (Å²) in [5.41, 5.74) is 1.67. The van der Waals surface area contributed by atoms with Crippen LogP contribution in [0.5, 0.6) is 0 Å². The normalized spacial score (nSPS) is 12.6. The Morgan fingerprint density at radius 1 is 1.29 bits per heavy atom. The summed E-state index contributed by atoms with van der Waals surface area (Å²) < 4.78 is 0. The first-order chi connectivity index (χ1) is 9.61. The lowest BCUT2D eigenvalue weighted by Crippen LogP contribution is -2.36. The highest BCUT2D eigenvalue weighted by atomic mass is 16.4. The maximum Gasteiger partial charge on any atom is 0.335 e. The summed E-state index contributed by atoms with van der Waals surface area (Å²) in [4.78, 5) is 22.7. The van der Waals surface area contributed by atoms with Gasteiger partial charge in [0.2, 0.25) is 0 Å². The van der Waals surface area contributed by atoms with Gasteiger partial charge in [0.25, 0.3) is 0 Å². The Bertz CT molecular complexity index is 533. The van der Waals surface area contributed by atoms with Crippen molar-refractivity contribution in [3.63, 3.8) is 0 Å². The molecule has 5 nitrogen and oxygen atoms in total. The van der Waals surface area contributed by atoms with Gasteiger partial charge in [0.15, 0.2) is 0 Å². The zero-order valence-corrected chi connectivity index (χ0v) is 13.3. The molecule has 0 aliphatic rings. The number of hydrogen-bond acceptors (Lipinski definition) is 2. The molecule has 0 saturated heterocycles. The number of rotatable bonds is 4. The van der Waals surface area contributed by atoms with Crippen molar-refractivity contribution < 1.29 is 14.7 Å². The average Bonchev–Trinajstić information content (AvgIpc) is 2.36. The Labute approximate surface area is 125 Å². The zero-order chi connectivity index (χ0) is 16.2. The lowest BCUT2D eigenvalue weighted by atomic mass is 9.82. The molecule has 0 radical (unpaired) electrons. The van der Waals surface area contributed by atoms with Gasteiger partial charge in [-0.1, -0.05) is 27.7 Å². The SMILES string of the molecule is Cc1cc(C(=O)O)ccc1NC(=O)NCC(C)C(C)(C)C. The molecule has 116 valence electrons. The van der Waals surface area contributed by atoms with Crippen molar-refractivity contribution in [1.82, 2.24) is 5.32 Å². The number of amides is 2. The molecule has 0 saturated carbocycles. The van der Waals surface area contributed by atoms with Crippen molar-refractivity contribution >= 4 is 17.7 Å². The Morgan fingerprint density at radius 2 is 1.90 bits per heavy atom.